The highest BCUT2D eigenvalue weighted by molar-refractivity contribution is 5.29. The molecule has 5 heteroatoms. The van der Waals surface area contributed by atoms with Crippen LogP contribution in [0.5, 0.6) is 0 Å². The van der Waals surface area contributed by atoms with Crippen LogP contribution in [0, 0.1) is 6.92 Å². The summed E-state index contributed by atoms with van der Waals surface area (Å²) in [5, 5.41) is 3.48. The number of hydrogen-bond donors (Lipinski definition) is 1. The van der Waals surface area contributed by atoms with Crippen molar-refractivity contribution in [1.82, 2.24) is 14.5 Å². The second-order valence-electron chi connectivity index (χ2n) is 6.40. The average Bonchev–Trinajstić information content (AvgIpc) is 3.09. The predicted molar refractivity (Wildman–Crippen MR) is 84.8 cm³/mol. The number of methoxy groups -OCH3 is 1. The van der Waals surface area contributed by atoms with Gasteiger partial charge in [-0.05, 0) is 45.6 Å². The van der Waals surface area contributed by atoms with E-state index in [4.69, 9.17) is 4.74 Å². The van der Waals surface area contributed by atoms with Gasteiger partial charge in [-0.3, -0.25) is 0 Å². The number of aromatic nitrogens is 2. The Morgan fingerprint density at radius 3 is 3.10 bits per heavy atom. The van der Waals surface area contributed by atoms with Crippen LogP contribution < -0.4 is 5.32 Å². The van der Waals surface area contributed by atoms with Crippen LogP contribution in [-0.4, -0.2) is 53.8 Å². The van der Waals surface area contributed by atoms with Crippen LogP contribution in [0.2, 0.25) is 0 Å². The zero-order valence-electron chi connectivity index (χ0n) is 13.3. The lowest BCUT2D eigenvalue weighted by Gasteiger charge is -2.35. The number of ether oxygens (including phenoxy) is 1. The number of piperidine rings is 1. The molecule has 2 saturated heterocycles. The van der Waals surface area contributed by atoms with Crippen LogP contribution >= 0.6 is 0 Å². The fourth-order valence-electron chi connectivity index (χ4n) is 3.80. The highest BCUT2D eigenvalue weighted by Crippen LogP contribution is 2.34. The Morgan fingerprint density at radius 1 is 1.33 bits per heavy atom. The average molecular weight is 292 g/mol. The lowest BCUT2D eigenvalue weighted by atomic mass is 9.97. The van der Waals surface area contributed by atoms with Gasteiger partial charge in [-0.15, -0.1) is 0 Å². The molecule has 0 aromatic carbocycles. The molecule has 1 aromatic rings. The van der Waals surface area contributed by atoms with Crippen molar-refractivity contribution in [3.63, 3.8) is 0 Å². The van der Waals surface area contributed by atoms with E-state index in [0.717, 1.165) is 37.3 Å². The van der Waals surface area contributed by atoms with Crippen molar-refractivity contribution in [1.29, 1.82) is 0 Å². The normalized spacial score (nSPS) is 26.0. The zero-order chi connectivity index (χ0) is 14.7. The summed E-state index contributed by atoms with van der Waals surface area (Å²) < 4.78 is 7.49. The molecule has 0 radical (unpaired) electrons. The maximum atomic E-state index is 5.11. The largest absolute Gasteiger partial charge is 0.385 e. The van der Waals surface area contributed by atoms with E-state index in [0.29, 0.717) is 6.04 Å². The third-order valence-electron chi connectivity index (χ3n) is 4.85. The van der Waals surface area contributed by atoms with E-state index >= 15 is 0 Å². The zero-order valence-corrected chi connectivity index (χ0v) is 13.3. The van der Waals surface area contributed by atoms with Crippen molar-refractivity contribution < 1.29 is 4.74 Å². The molecule has 2 fully saturated rings. The van der Waals surface area contributed by atoms with Gasteiger partial charge in [0, 0.05) is 45.1 Å². The first-order chi connectivity index (χ1) is 10.3. The molecule has 0 bridgehead atoms. The molecule has 3 heterocycles. The van der Waals surface area contributed by atoms with Gasteiger partial charge in [-0.2, -0.15) is 0 Å². The predicted octanol–water partition coefficient (Wildman–Crippen LogP) is 2.44. The Balaban J connectivity index is 1.64. The molecule has 2 unspecified atom stereocenters. The van der Waals surface area contributed by atoms with E-state index in [-0.39, 0.29) is 0 Å². The van der Waals surface area contributed by atoms with Gasteiger partial charge in [0.25, 0.3) is 0 Å². The van der Waals surface area contributed by atoms with Gasteiger partial charge < -0.3 is 19.5 Å². The van der Waals surface area contributed by atoms with Gasteiger partial charge >= 0.3 is 0 Å². The lowest BCUT2D eigenvalue weighted by molar-refractivity contribution is 0.156. The molecule has 0 saturated carbocycles. The van der Waals surface area contributed by atoms with E-state index in [1.165, 1.54) is 38.8 Å². The number of hydrogen-bond acceptors (Lipinski definition) is 4. The van der Waals surface area contributed by atoms with Crippen LogP contribution in [0.15, 0.2) is 6.20 Å². The quantitative estimate of drug-likeness (QED) is 0.818. The van der Waals surface area contributed by atoms with E-state index in [1.807, 2.05) is 0 Å². The second kappa shape index (κ2) is 6.79. The number of nitrogens with one attached hydrogen (secondary N) is 1. The number of rotatable bonds is 6. The maximum Gasteiger partial charge on any atom is 0.203 e. The highest BCUT2D eigenvalue weighted by atomic mass is 16.5. The van der Waals surface area contributed by atoms with Crippen molar-refractivity contribution in [2.45, 2.75) is 51.1 Å². The molecule has 118 valence electrons. The molecule has 2 atom stereocenters. The van der Waals surface area contributed by atoms with Crippen molar-refractivity contribution in [3.8, 4) is 0 Å². The summed E-state index contributed by atoms with van der Waals surface area (Å²) in [6.07, 6.45) is 8.52. The lowest BCUT2D eigenvalue weighted by Crippen LogP contribution is -2.38. The summed E-state index contributed by atoms with van der Waals surface area (Å²) in [6.45, 7) is 6.36. The van der Waals surface area contributed by atoms with E-state index in [1.54, 1.807) is 7.11 Å². The Labute approximate surface area is 127 Å². The maximum absolute atomic E-state index is 5.11. The van der Waals surface area contributed by atoms with E-state index < -0.39 is 0 Å². The Bertz CT molecular complexity index is 459. The summed E-state index contributed by atoms with van der Waals surface area (Å²) in [4.78, 5) is 7.34. The van der Waals surface area contributed by atoms with Crippen LogP contribution in [-0.2, 0) is 4.74 Å². The Hall–Kier alpha value is -1.07. The van der Waals surface area contributed by atoms with Crippen LogP contribution in [0.4, 0.5) is 5.95 Å². The van der Waals surface area contributed by atoms with Crippen LogP contribution in [0.25, 0.3) is 0 Å². The number of aryl methyl sites for hydroxylation is 1. The fourth-order valence-corrected chi connectivity index (χ4v) is 3.80. The molecule has 1 N–H and O–H groups in total. The summed E-state index contributed by atoms with van der Waals surface area (Å²) >= 11 is 0. The van der Waals surface area contributed by atoms with Gasteiger partial charge in [0.2, 0.25) is 5.95 Å². The van der Waals surface area contributed by atoms with E-state index in [2.05, 4.69) is 32.9 Å². The molecule has 21 heavy (non-hydrogen) atoms. The monoisotopic (exact) mass is 292 g/mol. The first-order valence-electron chi connectivity index (χ1n) is 8.30. The molecular formula is C16H28N4O. The highest BCUT2D eigenvalue weighted by Gasteiger charge is 2.33. The first-order valence-corrected chi connectivity index (χ1v) is 8.30. The van der Waals surface area contributed by atoms with Crippen molar-refractivity contribution in [2.24, 2.45) is 0 Å². The minimum absolute atomic E-state index is 0.607. The second-order valence-corrected chi connectivity index (χ2v) is 6.40. The third-order valence-corrected chi connectivity index (χ3v) is 4.85. The summed E-state index contributed by atoms with van der Waals surface area (Å²) in [7, 11) is 1.75. The number of nitrogens with zero attached hydrogens (tertiary/aromatic N) is 3. The third kappa shape index (κ3) is 3.40. The van der Waals surface area contributed by atoms with Crippen molar-refractivity contribution >= 4 is 5.95 Å². The summed E-state index contributed by atoms with van der Waals surface area (Å²) in [5.41, 5.74) is 1.11. The molecule has 5 nitrogen and oxygen atoms in total. The SMILES string of the molecule is COCCCNc1nc(C)cn1C1CCN2CCCC2C1. The Kier molecular flexibility index (Phi) is 4.80. The molecule has 2 aliphatic rings. The minimum atomic E-state index is 0.607. The standard InChI is InChI=1S/C16H28N4O/c1-13-12-20(16(18-13)17-7-4-10-21-2)15-6-9-19-8-3-5-14(19)11-15/h12,14-15H,3-11H2,1-2H3,(H,17,18). The molecule has 3 rings (SSSR count). The Morgan fingerprint density at radius 2 is 2.24 bits per heavy atom. The first kappa shape index (κ1) is 14.9. The molecule has 0 aliphatic carbocycles. The summed E-state index contributed by atoms with van der Waals surface area (Å²) in [6, 6.07) is 1.41. The van der Waals surface area contributed by atoms with Crippen LogP contribution in [0.1, 0.15) is 43.8 Å². The van der Waals surface area contributed by atoms with Gasteiger partial charge in [0.05, 0.1) is 5.69 Å². The summed E-state index contributed by atoms with van der Waals surface area (Å²) in [5.74, 6) is 1.04. The molecule has 1 aromatic heterocycles. The number of anilines is 1. The fraction of sp³-hybridized carbons (Fsp3) is 0.812. The van der Waals surface area contributed by atoms with Gasteiger partial charge in [0.1, 0.15) is 0 Å². The number of fused-ring (bicyclic) bond motifs is 1. The van der Waals surface area contributed by atoms with Gasteiger partial charge in [-0.25, -0.2) is 4.98 Å². The smallest absolute Gasteiger partial charge is 0.203 e. The molecule has 0 spiro atoms. The molecule has 0 amide bonds. The van der Waals surface area contributed by atoms with Crippen molar-refractivity contribution in [2.75, 3.05) is 38.7 Å². The van der Waals surface area contributed by atoms with Gasteiger partial charge in [-0.1, -0.05) is 0 Å². The molecular weight excluding hydrogens is 264 g/mol. The minimum Gasteiger partial charge on any atom is -0.385 e. The number of imidazole rings is 1. The van der Waals surface area contributed by atoms with Gasteiger partial charge in [0.15, 0.2) is 0 Å². The molecule has 2 aliphatic heterocycles. The van der Waals surface area contributed by atoms with E-state index in [9.17, 15) is 0 Å². The topological polar surface area (TPSA) is 42.3 Å². The van der Waals surface area contributed by atoms with Crippen LogP contribution in [0.3, 0.4) is 0 Å². The van der Waals surface area contributed by atoms with Crippen molar-refractivity contribution in [3.05, 3.63) is 11.9 Å².